The zero-order valence-corrected chi connectivity index (χ0v) is 19.3. The molecule has 8 nitrogen and oxygen atoms in total. The molecule has 2 atom stereocenters. The number of amides is 2. The summed E-state index contributed by atoms with van der Waals surface area (Å²) in [7, 11) is 0. The third-order valence-electron chi connectivity index (χ3n) is 4.87. The Hall–Kier alpha value is -2.94. The normalized spacial score (nSPS) is 12.1. The summed E-state index contributed by atoms with van der Waals surface area (Å²) in [6.45, 7) is 1.93. The van der Waals surface area contributed by atoms with Crippen LogP contribution in [0.3, 0.4) is 0 Å². The molecular formula is C22H28Cl2N6O2. The molecule has 10 heteroatoms. The number of halogens is 2. The lowest BCUT2D eigenvalue weighted by molar-refractivity contribution is -0.129. The van der Waals surface area contributed by atoms with Crippen molar-refractivity contribution < 1.29 is 9.59 Å². The molecule has 0 bridgehead atoms. The van der Waals surface area contributed by atoms with E-state index < -0.39 is 12.1 Å². The van der Waals surface area contributed by atoms with Crippen molar-refractivity contribution in [2.24, 2.45) is 5.73 Å². The molecule has 0 fully saturated rings. The van der Waals surface area contributed by atoms with Crippen molar-refractivity contribution in [2.45, 2.75) is 38.4 Å². The summed E-state index contributed by atoms with van der Waals surface area (Å²) in [4.78, 5) is 32.8. The van der Waals surface area contributed by atoms with Crippen LogP contribution in [0.5, 0.6) is 0 Å². The van der Waals surface area contributed by atoms with Gasteiger partial charge in [-0.05, 0) is 43.0 Å². The van der Waals surface area contributed by atoms with Gasteiger partial charge in [0.2, 0.25) is 11.8 Å². The van der Waals surface area contributed by atoms with Gasteiger partial charge < -0.3 is 22.1 Å². The monoisotopic (exact) mass is 478 g/mol. The minimum Gasteiger partial charge on any atom is -0.383 e. The molecule has 0 spiro atoms. The number of hydrogen-bond donors (Lipinski definition) is 4. The highest BCUT2D eigenvalue weighted by Gasteiger charge is 2.20. The van der Waals surface area contributed by atoms with E-state index in [1.165, 1.54) is 6.33 Å². The van der Waals surface area contributed by atoms with Gasteiger partial charge in [0.05, 0.1) is 11.6 Å². The van der Waals surface area contributed by atoms with Gasteiger partial charge in [-0.3, -0.25) is 9.59 Å². The van der Waals surface area contributed by atoms with Crippen LogP contribution in [-0.2, 0) is 22.6 Å². The molecule has 32 heavy (non-hydrogen) atoms. The Balaban J connectivity index is 0.00000256. The SMILES string of the molecule is C[C@H](NC(=O)[C@H](N)CCc1ccccc1)C(=O)NCc1ccc2c(N)ncnc2c1.Cl.Cl. The Kier molecular flexibility index (Phi) is 10.8. The third kappa shape index (κ3) is 7.33. The van der Waals surface area contributed by atoms with Crippen LogP contribution >= 0.6 is 24.8 Å². The molecular weight excluding hydrogens is 451 g/mol. The van der Waals surface area contributed by atoms with E-state index in [0.29, 0.717) is 30.7 Å². The van der Waals surface area contributed by atoms with Gasteiger partial charge in [-0.1, -0.05) is 36.4 Å². The Bertz CT molecular complexity index is 1040. The number of nitrogens with zero attached hydrogens (tertiary/aromatic N) is 2. The Morgan fingerprint density at radius 1 is 1.00 bits per heavy atom. The highest BCUT2D eigenvalue weighted by Crippen LogP contribution is 2.17. The number of hydrogen-bond acceptors (Lipinski definition) is 6. The minimum atomic E-state index is -0.696. The predicted octanol–water partition coefficient (Wildman–Crippen LogP) is 2.14. The maximum atomic E-state index is 12.4. The number of nitrogens with two attached hydrogens (primary N) is 2. The first kappa shape index (κ1) is 27.1. The quantitative estimate of drug-likeness (QED) is 0.391. The molecule has 2 amide bonds. The second-order valence-corrected chi connectivity index (χ2v) is 7.19. The van der Waals surface area contributed by atoms with Crippen molar-refractivity contribution in [3.8, 4) is 0 Å². The van der Waals surface area contributed by atoms with Gasteiger partial charge in [0, 0.05) is 11.9 Å². The van der Waals surface area contributed by atoms with Crippen LogP contribution in [0, 0.1) is 0 Å². The van der Waals surface area contributed by atoms with E-state index in [1.54, 1.807) is 6.92 Å². The van der Waals surface area contributed by atoms with Gasteiger partial charge in [-0.25, -0.2) is 9.97 Å². The number of fused-ring (bicyclic) bond motifs is 1. The van der Waals surface area contributed by atoms with Crippen LogP contribution in [-0.4, -0.2) is 33.9 Å². The first-order valence-corrected chi connectivity index (χ1v) is 9.80. The first-order chi connectivity index (χ1) is 14.4. The lowest BCUT2D eigenvalue weighted by atomic mass is 10.1. The number of carbonyl (C=O) groups is 2. The maximum absolute atomic E-state index is 12.4. The van der Waals surface area contributed by atoms with E-state index in [1.807, 2.05) is 48.5 Å². The summed E-state index contributed by atoms with van der Waals surface area (Å²) in [6.07, 6.45) is 2.61. The van der Waals surface area contributed by atoms with Crippen molar-refractivity contribution in [1.29, 1.82) is 0 Å². The molecule has 0 unspecified atom stereocenters. The maximum Gasteiger partial charge on any atom is 0.242 e. The van der Waals surface area contributed by atoms with E-state index in [9.17, 15) is 9.59 Å². The minimum absolute atomic E-state index is 0. The summed E-state index contributed by atoms with van der Waals surface area (Å²) < 4.78 is 0. The second-order valence-electron chi connectivity index (χ2n) is 7.19. The van der Waals surface area contributed by atoms with Crippen LogP contribution in [0.2, 0.25) is 0 Å². The molecule has 1 heterocycles. The van der Waals surface area contributed by atoms with Crippen LogP contribution in [0.1, 0.15) is 24.5 Å². The summed E-state index contributed by atoms with van der Waals surface area (Å²) in [5.74, 6) is -0.220. The van der Waals surface area contributed by atoms with E-state index in [4.69, 9.17) is 11.5 Å². The largest absolute Gasteiger partial charge is 0.383 e. The van der Waals surface area contributed by atoms with E-state index in [-0.39, 0.29) is 36.6 Å². The summed E-state index contributed by atoms with van der Waals surface area (Å²) in [6, 6.07) is 14.0. The number of nitrogen functional groups attached to an aromatic ring is 1. The molecule has 0 saturated heterocycles. The fraction of sp³-hybridized carbons (Fsp3) is 0.273. The fourth-order valence-corrected chi connectivity index (χ4v) is 3.06. The van der Waals surface area contributed by atoms with Gasteiger partial charge in [0.1, 0.15) is 18.2 Å². The van der Waals surface area contributed by atoms with E-state index >= 15 is 0 Å². The summed E-state index contributed by atoms with van der Waals surface area (Å²) in [5.41, 5.74) is 14.5. The van der Waals surface area contributed by atoms with Crippen molar-refractivity contribution >= 4 is 53.3 Å². The molecule has 1 aromatic heterocycles. The number of rotatable bonds is 8. The number of nitrogens with one attached hydrogen (secondary N) is 2. The van der Waals surface area contributed by atoms with E-state index in [2.05, 4.69) is 20.6 Å². The first-order valence-electron chi connectivity index (χ1n) is 9.80. The topological polar surface area (TPSA) is 136 Å². The van der Waals surface area contributed by atoms with Crippen LogP contribution < -0.4 is 22.1 Å². The van der Waals surface area contributed by atoms with Crippen molar-refractivity contribution in [2.75, 3.05) is 5.73 Å². The number of anilines is 1. The van der Waals surface area contributed by atoms with Crippen LogP contribution in [0.4, 0.5) is 5.82 Å². The molecule has 0 aliphatic heterocycles. The highest BCUT2D eigenvalue weighted by molar-refractivity contribution is 5.90. The standard InChI is InChI=1S/C22H26N6O2.2ClH/c1-14(28-22(30)18(23)10-8-15-5-3-2-4-6-15)21(29)25-12-16-7-9-17-19(11-16)26-13-27-20(17)24;;/h2-7,9,11,13-14,18H,8,10,12,23H2,1H3,(H,25,29)(H,28,30)(H2,24,26,27);2*1H/t14-,18+;;/m0../s1. The Labute approximate surface area is 199 Å². The number of aromatic nitrogens is 2. The van der Waals surface area contributed by atoms with Gasteiger partial charge in [-0.15, -0.1) is 24.8 Å². The van der Waals surface area contributed by atoms with Crippen molar-refractivity contribution in [3.05, 3.63) is 66.0 Å². The van der Waals surface area contributed by atoms with Gasteiger partial charge in [0.25, 0.3) is 0 Å². The number of aryl methyl sites for hydroxylation is 1. The zero-order valence-electron chi connectivity index (χ0n) is 17.7. The second kappa shape index (κ2) is 12.8. The lowest BCUT2D eigenvalue weighted by Gasteiger charge is -2.17. The van der Waals surface area contributed by atoms with Crippen LogP contribution in [0.25, 0.3) is 10.9 Å². The molecule has 0 saturated carbocycles. The number of benzene rings is 2. The molecule has 2 aromatic carbocycles. The van der Waals surface area contributed by atoms with Crippen molar-refractivity contribution in [1.82, 2.24) is 20.6 Å². The van der Waals surface area contributed by atoms with E-state index in [0.717, 1.165) is 16.5 Å². The smallest absolute Gasteiger partial charge is 0.242 e. The molecule has 172 valence electrons. The average Bonchev–Trinajstić information content (AvgIpc) is 2.76. The van der Waals surface area contributed by atoms with Crippen molar-refractivity contribution in [3.63, 3.8) is 0 Å². The van der Waals surface area contributed by atoms with Crippen LogP contribution in [0.15, 0.2) is 54.9 Å². The lowest BCUT2D eigenvalue weighted by Crippen LogP contribution is -2.50. The summed E-state index contributed by atoms with van der Waals surface area (Å²) >= 11 is 0. The summed E-state index contributed by atoms with van der Waals surface area (Å²) in [5, 5.41) is 6.25. The average molecular weight is 479 g/mol. The molecule has 0 radical (unpaired) electrons. The Morgan fingerprint density at radius 3 is 2.44 bits per heavy atom. The van der Waals surface area contributed by atoms with Gasteiger partial charge in [-0.2, -0.15) is 0 Å². The molecule has 0 aliphatic carbocycles. The highest BCUT2D eigenvalue weighted by atomic mass is 35.5. The third-order valence-corrected chi connectivity index (χ3v) is 4.87. The predicted molar refractivity (Wildman–Crippen MR) is 131 cm³/mol. The fourth-order valence-electron chi connectivity index (χ4n) is 3.06. The molecule has 3 aromatic rings. The molecule has 6 N–H and O–H groups in total. The number of carbonyl (C=O) groups excluding carboxylic acids is 2. The van der Waals surface area contributed by atoms with Gasteiger partial charge >= 0.3 is 0 Å². The molecule has 3 rings (SSSR count). The van der Waals surface area contributed by atoms with Gasteiger partial charge in [0.15, 0.2) is 0 Å². The molecule has 0 aliphatic rings. The Morgan fingerprint density at radius 2 is 1.72 bits per heavy atom. The zero-order chi connectivity index (χ0) is 21.5.